The van der Waals surface area contributed by atoms with E-state index in [1.165, 1.54) is 39.8 Å². The number of ketones is 2. The molecule has 0 aromatic carbocycles. The van der Waals surface area contributed by atoms with Crippen LogP contribution < -0.4 is 0 Å². The Hall–Kier alpha value is -1.20. The quantitative estimate of drug-likeness (QED) is 0.589. The van der Waals surface area contributed by atoms with E-state index in [0.29, 0.717) is 0 Å². The molecule has 0 saturated heterocycles. The molecule has 0 aromatic heterocycles. The molecule has 0 unspecified atom stereocenters. The Morgan fingerprint density at radius 1 is 0.812 bits per heavy atom. The molecule has 0 radical (unpaired) electrons. The number of carbonyl (C=O) groups excluding carboxylic acids is 2. The van der Waals surface area contributed by atoms with Crippen LogP contribution in [0.15, 0.2) is 23.7 Å². The molecule has 0 fully saturated rings. The summed E-state index contributed by atoms with van der Waals surface area (Å²) in [6, 6.07) is 0. The first-order valence-electron chi connectivity index (χ1n) is 4.19. The van der Waals surface area contributed by atoms with Crippen molar-refractivity contribution in [1.29, 1.82) is 0 Å². The average Bonchev–Trinajstić information content (AvgIpc) is 2.03. The number of rotatable bonds is 2. The molecule has 16 heavy (non-hydrogen) atoms. The van der Waals surface area contributed by atoms with Crippen molar-refractivity contribution in [3.05, 3.63) is 23.7 Å². The van der Waals surface area contributed by atoms with Gasteiger partial charge in [0.1, 0.15) is 0 Å². The molecule has 0 bridgehead atoms. The summed E-state index contributed by atoms with van der Waals surface area (Å²) in [6.07, 6.45) is 2.33. The Morgan fingerprint density at radius 3 is 1.00 bits per heavy atom. The predicted octanol–water partition coefficient (Wildman–Crippen LogP) is 1.95. The molecule has 0 spiro atoms. The van der Waals surface area contributed by atoms with Gasteiger partial charge in [-0.2, -0.15) is 0 Å². The van der Waals surface area contributed by atoms with Gasteiger partial charge in [-0.25, -0.2) is 0 Å². The number of aliphatic hydroxyl groups excluding tert-OH is 2. The van der Waals surface area contributed by atoms with Crippen LogP contribution in [0.4, 0.5) is 0 Å². The van der Waals surface area contributed by atoms with E-state index in [1.54, 1.807) is 0 Å². The number of hydrogen-bond donors (Lipinski definition) is 2. The first-order chi connectivity index (χ1) is 7.25. The van der Waals surface area contributed by atoms with Crippen LogP contribution in [-0.2, 0) is 30.6 Å². The van der Waals surface area contributed by atoms with Crippen LogP contribution in [0.3, 0.4) is 0 Å². The fourth-order valence-electron chi connectivity index (χ4n) is 0.588. The van der Waals surface area contributed by atoms with E-state index < -0.39 is 0 Å². The van der Waals surface area contributed by atoms with Gasteiger partial charge in [-0.1, -0.05) is 0 Å². The summed E-state index contributed by atoms with van der Waals surface area (Å²) in [5.74, 6) is -0.125. The minimum atomic E-state index is -0.125. The van der Waals surface area contributed by atoms with Crippen molar-refractivity contribution in [2.75, 3.05) is 0 Å². The van der Waals surface area contributed by atoms with E-state index in [2.05, 4.69) is 0 Å². The molecular weight excluding hydrogens is 251 g/mol. The first kappa shape index (κ1) is 20.2. The normalized spacial score (nSPS) is 10.2. The Morgan fingerprint density at radius 2 is 1.00 bits per heavy atom. The standard InChI is InChI=1S/2C5H8O2.O.V/c2*1-4(6)3-5(2)7;;/h2*3,6H,1-2H3;;. The molecule has 0 rings (SSSR count). The van der Waals surface area contributed by atoms with E-state index in [4.69, 9.17) is 13.9 Å². The first-order valence-corrected chi connectivity index (χ1v) is 4.76. The molecule has 0 aliphatic heterocycles. The fourth-order valence-corrected chi connectivity index (χ4v) is 0.588. The average molecular weight is 267 g/mol. The maximum atomic E-state index is 10.0. The van der Waals surface area contributed by atoms with Gasteiger partial charge in [-0.05, 0) is 27.7 Å². The Balaban J connectivity index is -0.000000183. The Kier molecular flexibility index (Phi) is 17.5. The third-order valence-electron chi connectivity index (χ3n) is 0.824. The van der Waals surface area contributed by atoms with Crippen molar-refractivity contribution in [2.45, 2.75) is 27.7 Å². The summed E-state index contributed by atoms with van der Waals surface area (Å²) in [7, 11) is 0. The van der Waals surface area contributed by atoms with Crippen LogP contribution in [-0.4, -0.2) is 21.8 Å². The topological polar surface area (TPSA) is 91.7 Å². The molecule has 6 heteroatoms. The van der Waals surface area contributed by atoms with Gasteiger partial charge in [0.25, 0.3) is 0 Å². The van der Waals surface area contributed by atoms with Gasteiger partial charge in [-0.15, -0.1) is 0 Å². The molecule has 0 heterocycles. The van der Waals surface area contributed by atoms with Gasteiger partial charge in [0.2, 0.25) is 0 Å². The molecule has 2 N–H and O–H groups in total. The van der Waals surface area contributed by atoms with E-state index >= 15 is 0 Å². The monoisotopic (exact) mass is 267 g/mol. The van der Waals surface area contributed by atoms with Crippen LogP contribution in [0.5, 0.6) is 0 Å². The van der Waals surface area contributed by atoms with Crippen LogP contribution in [0.1, 0.15) is 27.7 Å². The van der Waals surface area contributed by atoms with Gasteiger partial charge < -0.3 is 10.2 Å². The van der Waals surface area contributed by atoms with E-state index in [0.717, 1.165) is 17.4 Å². The van der Waals surface area contributed by atoms with Crippen LogP contribution in [0, 0.1) is 0 Å². The van der Waals surface area contributed by atoms with Crippen LogP contribution in [0.2, 0.25) is 0 Å². The van der Waals surface area contributed by atoms with Crippen LogP contribution in [0.25, 0.3) is 0 Å². The molecule has 0 aromatic rings. The molecule has 0 amide bonds. The Labute approximate surface area is 104 Å². The zero-order valence-electron chi connectivity index (χ0n) is 9.72. The summed E-state index contributed by atoms with van der Waals surface area (Å²) in [5, 5.41) is 16.7. The zero-order valence-corrected chi connectivity index (χ0v) is 11.1. The Bertz CT molecular complexity index is 245. The summed E-state index contributed by atoms with van der Waals surface area (Å²) in [6.45, 7) is 5.70. The third kappa shape index (κ3) is 38.5. The van der Waals surface area contributed by atoms with E-state index in [-0.39, 0.29) is 23.1 Å². The van der Waals surface area contributed by atoms with E-state index in [9.17, 15) is 9.59 Å². The summed E-state index contributed by atoms with van der Waals surface area (Å²) in [4.78, 5) is 20.0. The second-order valence-corrected chi connectivity index (χ2v) is 2.79. The zero-order chi connectivity index (χ0) is 13.7. The third-order valence-corrected chi connectivity index (χ3v) is 0.824. The molecule has 5 nitrogen and oxygen atoms in total. The van der Waals surface area contributed by atoms with Crippen molar-refractivity contribution in [3.8, 4) is 0 Å². The van der Waals surface area contributed by atoms with Gasteiger partial charge in [0.15, 0.2) is 11.6 Å². The predicted molar refractivity (Wildman–Crippen MR) is 54.8 cm³/mol. The van der Waals surface area contributed by atoms with Crippen LogP contribution >= 0.6 is 0 Å². The SMILES string of the molecule is CC(=O)C=C(C)O.CC(=O)C=C(C)O.[O]=[V]. The summed E-state index contributed by atoms with van der Waals surface area (Å²) in [5.41, 5.74) is 0. The summed E-state index contributed by atoms with van der Waals surface area (Å²) >= 11 is 1.06. The fraction of sp³-hybridized carbons (Fsp3) is 0.400. The van der Waals surface area contributed by atoms with Gasteiger partial charge in [0, 0.05) is 12.2 Å². The molecule has 0 aliphatic rings. The second kappa shape index (κ2) is 13.8. The summed E-state index contributed by atoms with van der Waals surface area (Å²) < 4.78 is 8.19. The number of aliphatic hydroxyl groups is 2. The van der Waals surface area contributed by atoms with Gasteiger partial charge in [0.05, 0.1) is 11.5 Å². The van der Waals surface area contributed by atoms with Gasteiger partial charge in [-0.3, -0.25) is 9.59 Å². The van der Waals surface area contributed by atoms with Crippen molar-refractivity contribution in [1.82, 2.24) is 0 Å². The van der Waals surface area contributed by atoms with E-state index in [1.807, 2.05) is 0 Å². The molecule has 0 atom stereocenters. The molecular formula is C10H16O5V. The molecule has 0 aliphatic carbocycles. The number of hydrogen-bond acceptors (Lipinski definition) is 5. The van der Waals surface area contributed by atoms with Gasteiger partial charge >= 0.3 is 21.0 Å². The van der Waals surface area contributed by atoms with Crippen molar-refractivity contribution in [2.24, 2.45) is 0 Å². The number of allylic oxidation sites excluding steroid dienone is 4. The maximum absolute atomic E-state index is 10.0. The molecule has 0 saturated carbocycles. The number of carbonyl (C=O) groups is 2. The van der Waals surface area contributed by atoms with Crippen molar-refractivity contribution < 1.29 is 40.8 Å². The second-order valence-electron chi connectivity index (χ2n) is 2.79. The minimum absolute atomic E-state index is 0.0625. The van der Waals surface area contributed by atoms with Crippen molar-refractivity contribution in [3.63, 3.8) is 0 Å². The van der Waals surface area contributed by atoms with Crippen molar-refractivity contribution >= 4 is 11.6 Å². The molecule has 91 valence electrons.